The molecule has 1 fully saturated rings. The molecule has 0 aromatic heterocycles. The maximum atomic E-state index is 13.1. The first-order valence-corrected chi connectivity index (χ1v) is 6.33. The number of halogens is 2. The second-order valence-electron chi connectivity index (χ2n) is 4.99. The van der Waals surface area contributed by atoms with Crippen molar-refractivity contribution in [2.75, 3.05) is 5.32 Å². The van der Waals surface area contributed by atoms with Crippen LogP contribution < -0.4 is 11.1 Å². The Morgan fingerprint density at radius 2 is 2.33 bits per heavy atom. The average Bonchev–Trinajstić information content (AvgIpc) is 2.66. The third-order valence-electron chi connectivity index (χ3n) is 3.72. The molecular formula is C13H16ClFN2O. The number of benzene rings is 1. The molecule has 1 aromatic carbocycles. The highest BCUT2D eigenvalue weighted by atomic mass is 35.5. The van der Waals surface area contributed by atoms with Crippen molar-refractivity contribution in [3.05, 3.63) is 29.0 Å². The van der Waals surface area contributed by atoms with Gasteiger partial charge in [-0.1, -0.05) is 18.0 Å². The summed E-state index contributed by atoms with van der Waals surface area (Å²) in [6, 6.07) is 3.72. The van der Waals surface area contributed by atoms with E-state index in [4.69, 9.17) is 17.3 Å². The Morgan fingerprint density at radius 3 is 2.94 bits per heavy atom. The number of nitrogens with one attached hydrogen (secondary N) is 1. The molecule has 0 radical (unpaired) electrons. The first kappa shape index (κ1) is 13.3. The summed E-state index contributed by atoms with van der Waals surface area (Å²) in [6.45, 7) is 1.84. The van der Waals surface area contributed by atoms with Gasteiger partial charge in [0.1, 0.15) is 5.82 Å². The van der Waals surface area contributed by atoms with Crippen molar-refractivity contribution in [2.24, 2.45) is 11.1 Å². The van der Waals surface area contributed by atoms with Gasteiger partial charge < -0.3 is 11.1 Å². The number of hydrogen-bond donors (Lipinski definition) is 2. The first-order valence-electron chi connectivity index (χ1n) is 5.95. The minimum absolute atomic E-state index is 0.162. The van der Waals surface area contributed by atoms with Crippen molar-refractivity contribution in [1.82, 2.24) is 0 Å². The topological polar surface area (TPSA) is 55.1 Å². The van der Waals surface area contributed by atoms with E-state index in [0.29, 0.717) is 10.7 Å². The Bertz CT molecular complexity index is 480. The van der Waals surface area contributed by atoms with Crippen molar-refractivity contribution in [2.45, 2.75) is 32.2 Å². The van der Waals surface area contributed by atoms with E-state index in [1.807, 2.05) is 6.92 Å². The maximum Gasteiger partial charge on any atom is 0.231 e. The van der Waals surface area contributed by atoms with Gasteiger partial charge in [0.05, 0.1) is 16.1 Å². The first-order chi connectivity index (χ1) is 8.43. The van der Waals surface area contributed by atoms with Gasteiger partial charge >= 0.3 is 0 Å². The standard InChI is InChI=1S/C13H16ClFN2O/c1-13(6-2-3-11(13)16)12(18)17-10-7-8(15)4-5-9(10)14/h4-5,7,11H,2-3,6,16H2,1H3,(H,17,18). The highest BCUT2D eigenvalue weighted by Gasteiger charge is 2.43. The van der Waals surface area contributed by atoms with Crippen LogP contribution in [0.25, 0.3) is 0 Å². The van der Waals surface area contributed by atoms with E-state index in [1.54, 1.807) is 0 Å². The largest absolute Gasteiger partial charge is 0.327 e. The Kier molecular flexibility index (Phi) is 3.59. The fraction of sp³-hybridized carbons (Fsp3) is 0.462. The van der Waals surface area contributed by atoms with E-state index in [2.05, 4.69) is 5.32 Å². The van der Waals surface area contributed by atoms with Gasteiger partial charge in [0, 0.05) is 6.04 Å². The van der Waals surface area contributed by atoms with Gasteiger partial charge in [0.25, 0.3) is 0 Å². The van der Waals surface area contributed by atoms with Gasteiger partial charge in [-0.3, -0.25) is 4.79 Å². The summed E-state index contributed by atoms with van der Waals surface area (Å²) in [5.74, 6) is -0.629. The normalized spacial score (nSPS) is 27.2. The molecule has 2 unspecified atom stereocenters. The predicted octanol–water partition coefficient (Wildman–Crippen LogP) is 2.94. The number of rotatable bonds is 2. The quantitative estimate of drug-likeness (QED) is 0.868. The zero-order valence-electron chi connectivity index (χ0n) is 10.2. The molecule has 98 valence electrons. The van der Waals surface area contributed by atoms with Crippen LogP contribution in [0.1, 0.15) is 26.2 Å². The lowest BCUT2D eigenvalue weighted by Crippen LogP contribution is -2.44. The monoisotopic (exact) mass is 270 g/mol. The Morgan fingerprint density at radius 1 is 1.61 bits per heavy atom. The van der Waals surface area contributed by atoms with Gasteiger partial charge in [-0.05, 0) is 38.0 Å². The smallest absolute Gasteiger partial charge is 0.231 e. The molecule has 2 rings (SSSR count). The number of hydrogen-bond acceptors (Lipinski definition) is 2. The maximum absolute atomic E-state index is 13.1. The van der Waals surface area contributed by atoms with E-state index >= 15 is 0 Å². The van der Waals surface area contributed by atoms with E-state index in [0.717, 1.165) is 19.3 Å². The van der Waals surface area contributed by atoms with E-state index in [9.17, 15) is 9.18 Å². The lowest BCUT2D eigenvalue weighted by molar-refractivity contribution is -0.125. The van der Waals surface area contributed by atoms with Gasteiger partial charge in [0.2, 0.25) is 5.91 Å². The SMILES string of the molecule is CC1(C(=O)Nc2cc(F)ccc2Cl)CCCC1N. The van der Waals surface area contributed by atoms with Crippen molar-refractivity contribution in [3.63, 3.8) is 0 Å². The Balaban J connectivity index is 2.19. The summed E-state index contributed by atoms with van der Waals surface area (Å²) in [6.07, 6.45) is 2.51. The minimum Gasteiger partial charge on any atom is -0.327 e. The Labute approximate surface area is 111 Å². The van der Waals surface area contributed by atoms with Crippen LogP contribution in [0.4, 0.5) is 10.1 Å². The molecule has 18 heavy (non-hydrogen) atoms. The van der Waals surface area contributed by atoms with Crippen molar-refractivity contribution in [1.29, 1.82) is 0 Å². The fourth-order valence-corrected chi connectivity index (χ4v) is 2.50. The molecule has 0 aliphatic heterocycles. The van der Waals surface area contributed by atoms with Crippen LogP contribution in [0.2, 0.25) is 5.02 Å². The lowest BCUT2D eigenvalue weighted by Gasteiger charge is -2.27. The highest BCUT2D eigenvalue weighted by molar-refractivity contribution is 6.33. The number of carbonyl (C=O) groups is 1. The fourth-order valence-electron chi connectivity index (χ4n) is 2.33. The molecule has 1 aliphatic rings. The summed E-state index contributed by atoms with van der Waals surface area (Å²) >= 11 is 5.92. The molecule has 0 spiro atoms. The molecule has 1 aromatic rings. The third-order valence-corrected chi connectivity index (χ3v) is 4.05. The van der Waals surface area contributed by atoms with E-state index in [-0.39, 0.29) is 11.9 Å². The summed E-state index contributed by atoms with van der Waals surface area (Å²) in [5.41, 5.74) is 5.66. The number of anilines is 1. The summed E-state index contributed by atoms with van der Waals surface area (Å²) in [5, 5.41) is 2.99. The molecule has 3 nitrogen and oxygen atoms in total. The minimum atomic E-state index is -0.602. The van der Waals surface area contributed by atoms with Crippen LogP contribution in [0.3, 0.4) is 0 Å². The second-order valence-corrected chi connectivity index (χ2v) is 5.40. The van der Waals surface area contributed by atoms with Crippen LogP contribution in [-0.2, 0) is 4.79 Å². The van der Waals surface area contributed by atoms with Gasteiger partial charge in [-0.2, -0.15) is 0 Å². The highest BCUT2D eigenvalue weighted by Crippen LogP contribution is 2.38. The third kappa shape index (κ3) is 2.35. The molecule has 5 heteroatoms. The van der Waals surface area contributed by atoms with E-state index in [1.165, 1.54) is 18.2 Å². The van der Waals surface area contributed by atoms with Crippen LogP contribution in [0, 0.1) is 11.2 Å². The molecule has 1 saturated carbocycles. The van der Waals surface area contributed by atoms with Gasteiger partial charge in [-0.15, -0.1) is 0 Å². The molecule has 2 atom stereocenters. The van der Waals surface area contributed by atoms with Crippen molar-refractivity contribution >= 4 is 23.2 Å². The van der Waals surface area contributed by atoms with E-state index < -0.39 is 11.2 Å². The van der Waals surface area contributed by atoms with Crippen LogP contribution in [0.15, 0.2) is 18.2 Å². The number of carbonyl (C=O) groups excluding carboxylic acids is 1. The number of nitrogens with two attached hydrogens (primary N) is 1. The average molecular weight is 271 g/mol. The van der Waals surface area contributed by atoms with Crippen LogP contribution in [0.5, 0.6) is 0 Å². The number of amides is 1. The summed E-state index contributed by atoms with van der Waals surface area (Å²) in [4.78, 5) is 12.2. The zero-order chi connectivity index (χ0) is 13.3. The molecular weight excluding hydrogens is 255 g/mol. The predicted molar refractivity (Wildman–Crippen MR) is 70.0 cm³/mol. The molecule has 1 aliphatic carbocycles. The second kappa shape index (κ2) is 4.86. The Hall–Kier alpha value is -1.13. The lowest BCUT2D eigenvalue weighted by atomic mass is 9.84. The molecule has 0 heterocycles. The molecule has 0 saturated heterocycles. The summed E-state index contributed by atoms with van der Waals surface area (Å²) in [7, 11) is 0. The van der Waals surface area contributed by atoms with Crippen molar-refractivity contribution in [3.8, 4) is 0 Å². The summed E-state index contributed by atoms with van der Waals surface area (Å²) < 4.78 is 13.1. The van der Waals surface area contributed by atoms with Crippen LogP contribution >= 0.6 is 11.6 Å². The van der Waals surface area contributed by atoms with Gasteiger partial charge in [0.15, 0.2) is 0 Å². The molecule has 3 N–H and O–H groups in total. The zero-order valence-corrected chi connectivity index (χ0v) is 10.9. The van der Waals surface area contributed by atoms with Crippen molar-refractivity contribution < 1.29 is 9.18 Å². The molecule has 1 amide bonds. The molecule has 0 bridgehead atoms. The van der Waals surface area contributed by atoms with Gasteiger partial charge in [-0.25, -0.2) is 4.39 Å². The van der Waals surface area contributed by atoms with Crippen LogP contribution in [-0.4, -0.2) is 11.9 Å².